The molecule has 0 fully saturated rings. The first-order valence-corrected chi connectivity index (χ1v) is 7.38. The Morgan fingerprint density at radius 2 is 2.04 bits per heavy atom. The van der Waals surface area contributed by atoms with Gasteiger partial charge in [-0.25, -0.2) is 0 Å². The summed E-state index contributed by atoms with van der Waals surface area (Å²) < 4.78 is 0. The summed E-state index contributed by atoms with van der Waals surface area (Å²) >= 11 is 5.94. The standard InChI is InChI=1S/C16H14ClN5O/c1-11-4-2-7-14(8-11)18-15(23)10-22-20-16(19-21-22)12-5-3-6-13(17)9-12/h2-9H,10H2,1H3,(H,18,23). The molecule has 0 aliphatic carbocycles. The van der Waals surface area contributed by atoms with Crippen LogP contribution in [0.2, 0.25) is 5.02 Å². The number of halogens is 1. The highest BCUT2D eigenvalue weighted by atomic mass is 35.5. The number of benzene rings is 2. The summed E-state index contributed by atoms with van der Waals surface area (Å²) in [5.74, 6) is 0.210. The molecule has 1 amide bonds. The maximum atomic E-state index is 12.0. The number of aryl methyl sites for hydroxylation is 1. The van der Waals surface area contributed by atoms with E-state index in [9.17, 15) is 4.79 Å². The van der Waals surface area contributed by atoms with Gasteiger partial charge in [0.2, 0.25) is 11.7 Å². The van der Waals surface area contributed by atoms with Crippen molar-refractivity contribution in [2.75, 3.05) is 5.32 Å². The summed E-state index contributed by atoms with van der Waals surface area (Å²) in [5.41, 5.74) is 2.57. The van der Waals surface area contributed by atoms with E-state index in [1.807, 2.05) is 43.3 Å². The van der Waals surface area contributed by atoms with Gasteiger partial charge in [-0.2, -0.15) is 4.80 Å². The van der Waals surface area contributed by atoms with Crippen molar-refractivity contribution in [3.63, 3.8) is 0 Å². The average molecular weight is 328 g/mol. The van der Waals surface area contributed by atoms with E-state index in [1.54, 1.807) is 12.1 Å². The Hall–Kier alpha value is -2.73. The lowest BCUT2D eigenvalue weighted by molar-refractivity contribution is -0.117. The maximum absolute atomic E-state index is 12.0. The molecule has 7 heteroatoms. The predicted octanol–water partition coefficient (Wildman–Crippen LogP) is 2.94. The molecule has 0 bridgehead atoms. The molecule has 6 nitrogen and oxygen atoms in total. The normalized spacial score (nSPS) is 10.5. The van der Waals surface area contributed by atoms with Crippen molar-refractivity contribution < 1.29 is 4.79 Å². The average Bonchev–Trinajstić information content (AvgIpc) is 2.95. The van der Waals surface area contributed by atoms with Crippen LogP contribution in [-0.4, -0.2) is 26.1 Å². The second-order valence-electron chi connectivity index (χ2n) is 5.07. The van der Waals surface area contributed by atoms with Crippen LogP contribution >= 0.6 is 11.6 Å². The zero-order chi connectivity index (χ0) is 16.2. The van der Waals surface area contributed by atoms with Crippen LogP contribution < -0.4 is 5.32 Å². The van der Waals surface area contributed by atoms with Gasteiger partial charge in [0, 0.05) is 16.3 Å². The van der Waals surface area contributed by atoms with E-state index in [0.717, 1.165) is 16.8 Å². The van der Waals surface area contributed by atoms with Gasteiger partial charge in [0.1, 0.15) is 6.54 Å². The fourth-order valence-electron chi connectivity index (χ4n) is 2.11. The first kappa shape index (κ1) is 15.2. The molecule has 1 aromatic heterocycles. The van der Waals surface area contributed by atoms with E-state index >= 15 is 0 Å². The minimum absolute atomic E-state index is 0.0124. The van der Waals surface area contributed by atoms with E-state index in [2.05, 4.69) is 20.7 Å². The van der Waals surface area contributed by atoms with Crippen molar-refractivity contribution in [2.45, 2.75) is 13.5 Å². The number of hydrogen-bond acceptors (Lipinski definition) is 4. The third-order valence-corrected chi connectivity index (χ3v) is 3.36. The Kier molecular flexibility index (Phi) is 4.34. The number of nitrogens with zero attached hydrogens (tertiary/aromatic N) is 4. The summed E-state index contributed by atoms with van der Waals surface area (Å²) in [5, 5.41) is 15.4. The Balaban J connectivity index is 1.68. The monoisotopic (exact) mass is 327 g/mol. The molecule has 0 aliphatic heterocycles. The number of aromatic nitrogens is 4. The molecule has 0 aliphatic rings. The second-order valence-corrected chi connectivity index (χ2v) is 5.51. The van der Waals surface area contributed by atoms with Crippen molar-refractivity contribution in [2.24, 2.45) is 0 Å². The molecule has 2 aromatic carbocycles. The van der Waals surface area contributed by atoms with Crippen LogP contribution in [0.5, 0.6) is 0 Å². The minimum Gasteiger partial charge on any atom is -0.324 e. The zero-order valence-corrected chi connectivity index (χ0v) is 13.2. The fourth-order valence-corrected chi connectivity index (χ4v) is 2.30. The largest absolute Gasteiger partial charge is 0.324 e. The quantitative estimate of drug-likeness (QED) is 0.799. The van der Waals surface area contributed by atoms with E-state index < -0.39 is 0 Å². The van der Waals surface area contributed by atoms with Gasteiger partial charge in [-0.05, 0) is 42.0 Å². The first-order valence-electron chi connectivity index (χ1n) is 7.00. The molecular weight excluding hydrogens is 314 g/mol. The van der Waals surface area contributed by atoms with Crippen LogP contribution in [0.1, 0.15) is 5.56 Å². The molecular formula is C16H14ClN5O. The number of nitrogens with one attached hydrogen (secondary N) is 1. The Labute approximate surface area is 138 Å². The SMILES string of the molecule is Cc1cccc(NC(=O)Cn2nnc(-c3cccc(Cl)c3)n2)c1. The zero-order valence-electron chi connectivity index (χ0n) is 12.4. The highest BCUT2D eigenvalue weighted by Gasteiger charge is 2.10. The van der Waals surface area contributed by atoms with Crippen LogP contribution in [0.15, 0.2) is 48.5 Å². The smallest absolute Gasteiger partial charge is 0.248 e. The highest BCUT2D eigenvalue weighted by Crippen LogP contribution is 2.18. The van der Waals surface area contributed by atoms with Gasteiger partial charge >= 0.3 is 0 Å². The van der Waals surface area contributed by atoms with E-state index in [-0.39, 0.29) is 12.5 Å². The summed E-state index contributed by atoms with van der Waals surface area (Å²) in [6, 6.07) is 14.7. The third-order valence-electron chi connectivity index (χ3n) is 3.12. The Bertz CT molecular complexity index is 846. The maximum Gasteiger partial charge on any atom is 0.248 e. The van der Waals surface area contributed by atoms with Crippen molar-refractivity contribution in [1.82, 2.24) is 20.2 Å². The molecule has 0 unspecified atom stereocenters. The minimum atomic E-state index is -0.217. The number of carbonyl (C=O) groups is 1. The van der Waals surface area contributed by atoms with Crippen molar-refractivity contribution in [3.8, 4) is 11.4 Å². The van der Waals surface area contributed by atoms with Crippen molar-refractivity contribution in [3.05, 3.63) is 59.1 Å². The molecule has 0 radical (unpaired) electrons. The molecule has 0 atom stereocenters. The fraction of sp³-hybridized carbons (Fsp3) is 0.125. The number of carbonyl (C=O) groups excluding carboxylic acids is 1. The van der Waals surface area contributed by atoms with Gasteiger partial charge in [-0.1, -0.05) is 35.9 Å². The predicted molar refractivity (Wildman–Crippen MR) is 88.1 cm³/mol. The molecule has 23 heavy (non-hydrogen) atoms. The molecule has 1 N–H and O–H groups in total. The number of anilines is 1. The number of tetrazole rings is 1. The van der Waals surface area contributed by atoms with Gasteiger partial charge in [0.25, 0.3) is 0 Å². The van der Waals surface area contributed by atoms with Gasteiger partial charge in [0.05, 0.1) is 0 Å². The topological polar surface area (TPSA) is 72.7 Å². The van der Waals surface area contributed by atoms with Gasteiger partial charge in [-0.3, -0.25) is 4.79 Å². The van der Waals surface area contributed by atoms with Gasteiger partial charge < -0.3 is 5.32 Å². The molecule has 1 heterocycles. The van der Waals surface area contributed by atoms with E-state index in [0.29, 0.717) is 10.8 Å². The van der Waals surface area contributed by atoms with Crippen LogP contribution in [-0.2, 0) is 11.3 Å². The number of rotatable bonds is 4. The lowest BCUT2D eigenvalue weighted by atomic mass is 10.2. The molecule has 0 saturated heterocycles. The van der Waals surface area contributed by atoms with E-state index in [4.69, 9.17) is 11.6 Å². The molecule has 3 aromatic rings. The van der Waals surface area contributed by atoms with Gasteiger partial charge in [-0.15, -0.1) is 10.2 Å². The van der Waals surface area contributed by atoms with E-state index in [1.165, 1.54) is 4.80 Å². The summed E-state index contributed by atoms with van der Waals surface area (Å²) in [6.07, 6.45) is 0. The number of hydrogen-bond donors (Lipinski definition) is 1. The van der Waals surface area contributed by atoms with Crippen molar-refractivity contribution in [1.29, 1.82) is 0 Å². The molecule has 0 spiro atoms. The van der Waals surface area contributed by atoms with Crippen LogP contribution in [0.4, 0.5) is 5.69 Å². The summed E-state index contributed by atoms with van der Waals surface area (Å²) in [4.78, 5) is 13.3. The highest BCUT2D eigenvalue weighted by molar-refractivity contribution is 6.30. The van der Waals surface area contributed by atoms with Gasteiger partial charge in [0.15, 0.2) is 0 Å². The van der Waals surface area contributed by atoms with Crippen molar-refractivity contribution >= 4 is 23.2 Å². The third kappa shape index (κ3) is 3.92. The Morgan fingerprint density at radius 3 is 2.83 bits per heavy atom. The lowest BCUT2D eigenvalue weighted by Crippen LogP contribution is -2.20. The number of amides is 1. The molecule has 3 rings (SSSR count). The van der Waals surface area contributed by atoms with Crippen LogP contribution in [0.25, 0.3) is 11.4 Å². The summed E-state index contributed by atoms with van der Waals surface area (Å²) in [6.45, 7) is 1.95. The summed E-state index contributed by atoms with van der Waals surface area (Å²) in [7, 11) is 0. The molecule has 116 valence electrons. The van der Waals surface area contributed by atoms with Crippen LogP contribution in [0.3, 0.4) is 0 Å². The Morgan fingerprint density at radius 1 is 1.22 bits per heavy atom. The second kappa shape index (κ2) is 6.58. The lowest BCUT2D eigenvalue weighted by Gasteiger charge is -2.04. The first-order chi connectivity index (χ1) is 11.1. The molecule has 0 saturated carbocycles. The van der Waals surface area contributed by atoms with Crippen LogP contribution in [0, 0.1) is 6.92 Å².